The molecule has 0 amide bonds. The lowest BCUT2D eigenvalue weighted by Crippen LogP contribution is -2.54. The molecule has 0 aromatic heterocycles. The van der Waals surface area contributed by atoms with E-state index in [-0.39, 0.29) is 29.0 Å². The van der Waals surface area contributed by atoms with E-state index in [1.807, 2.05) is 0 Å². The first-order chi connectivity index (χ1) is 14.4. The molecule has 4 aliphatic rings. The van der Waals surface area contributed by atoms with Crippen molar-refractivity contribution in [1.82, 2.24) is 0 Å². The van der Waals surface area contributed by atoms with Crippen molar-refractivity contribution in [2.24, 2.45) is 40.4 Å². The van der Waals surface area contributed by atoms with E-state index < -0.39 is 5.60 Å². The van der Waals surface area contributed by atoms with Crippen molar-refractivity contribution >= 4 is 0 Å². The van der Waals surface area contributed by atoms with Crippen molar-refractivity contribution in [2.45, 2.75) is 110 Å². The van der Waals surface area contributed by atoms with Gasteiger partial charge in [0.15, 0.2) is 0 Å². The molecule has 0 bridgehead atoms. The van der Waals surface area contributed by atoms with Crippen LogP contribution in [0.2, 0.25) is 0 Å². The Kier molecular flexibility index (Phi) is 6.06. The van der Waals surface area contributed by atoms with Crippen LogP contribution in [0.25, 0.3) is 0 Å². The number of rotatable bonds is 5. The second-order valence-corrected chi connectivity index (χ2v) is 12.6. The lowest BCUT2D eigenvalue weighted by atomic mass is 9.47. The Balaban J connectivity index is 1.59. The highest BCUT2D eigenvalue weighted by Gasteiger charge is 2.61. The van der Waals surface area contributed by atoms with Crippen LogP contribution < -0.4 is 0 Å². The van der Waals surface area contributed by atoms with Crippen LogP contribution in [-0.4, -0.2) is 33.1 Å². The van der Waals surface area contributed by atoms with Crippen LogP contribution in [0.5, 0.6) is 0 Å². The molecule has 0 spiro atoms. The van der Waals surface area contributed by atoms with Gasteiger partial charge in [-0.3, -0.25) is 0 Å². The van der Waals surface area contributed by atoms with Gasteiger partial charge in [-0.05, 0) is 105 Å². The molecule has 0 aromatic carbocycles. The minimum Gasteiger partial charge on any atom is -0.393 e. The monoisotopic (exact) mass is 430 g/mol. The largest absolute Gasteiger partial charge is 0.393 e. The van der Waals surface area contributed by atoms with Crippen molar-refractivity contribution in [3.63, 3.8) is 0 Å². The summed E-state index contributed by atoms with van der Waals surface area (Å²) < 4.78 is 0. The standard InChI is InChI=1S/C28H46O3/c1-17(2)18(3)9-14-28(6,31)25-8-7-21-20-16-24(30)23-15-19(29)10-12-26(23,4)22(20)11-13-27(21,25)5/h11,17,19-21,23-25,29-31H,3,7-10,12-16H2,1-2,4-6H3/t19?,20-,21-,23?,24?,25-,26+,27-,28-/m0/s1. The number of fused-ring (bicyclic) bond motifs is 5. The molecule has 3 unspecified atom stereocenters. The van der Waals surface area contributed by atoms with Gasteiger partial charge in [0.25, 0.3) is 0 Å². The van der Waals surface area contributed by atoms with Gasteiger partial charge in [-0.1, -0.05) is 51.5 Å². The van der Waals surface area contributed by atoms with Gasteiger partial charge in [0, 0.05) is 0 Å². The lowest BCUT2D eigenvalue weighted by molar-refractivity contribution is -0.0977. The molecule has 4 rings (SSSR count). The summed E-state index contributed by atoms with van der Waals surface area (Å²) in [6, 6.07) is 0. The minimum absolute atomic E-state index is 0.0263. The van der Waals surface area contributed by atoms with Gasteiger partial charge < -0.3 is 15.3 Å². The molecular weight excluding hydrogens is 384 g/mol. The van der Waals surface area contributed by atoms with Crippen LogP contribution in [-0.2, 0) is 0 Å². The fourth-order valence-corrected chi connectivity index (χ4v) is 8.45. The van der Waals surface area contributed by atoms with Crippen LogP contribution in [0, 0.1) is 40.4 Å². The maximum atomic E-state index is 11.6. The van der Waals surface area contributed by atoms with Crippen LogP contribution in [0.3, 0.4) is 0 Å². The van der Waals surface area contributed by atoms with E-state index in [2.05, 4.69) is 47.3 Å². The summed E-state index contributed by atoms with van der Waals surface area (Å²) in [5.41, 5.74) is 2.25. The van der Waals surface area contributed by atoms with E-state index in [1.54, 1.807) is 5.57 Å². The SMILES string of the molecule is C=C(CC[C@](C)(O)[C@H]1CC[C@H]2[C@@H]3CC(O)C4CC(O)CC[C@]4(C)C3=CC[C@@]21C)C(C)C. The van der Waals surface area contributed by atoms with Crippen molar-refractivity contribution < 1.29 is 15.3 Å². The molecule has 3 nitrogen and oxygen atoms in total. The Morgan fingerprint density at radius 3 is 2.55 bits per heavy atom. The highest BCUT2D eigenvalue weighted by atomic mass is 16.3. The van der Waals surface area contributed by atoms with Gasteiger partial charge in [-0.15, -0.1) is 0 Å². The Morgan fingerprint density at radius 1 is 1.16 bits per heavy atom. The molecule has 0 saturated heterocycles. The minimum atomic E-state index is -0.679. The summed E-state index contributed by atoms with van der Waals surface area (Å²) in [4.78, 5) is 0. The molecular formula is C28H46O3. The predicted octanol–water partition coefficient (Wildman–Crippen LogP) is 5.64. The number of aliphatic hydroxyl groups excluding tert-OH is 2. The van der Waals surface area contributed by atoms with Crippen molar-refractivity contribution in [3.05, 3.63) is 23.8 Å². The molecule has 176 valence electrons. The normalized spacial score (nSPS) is 46.5. The molecule has 0 aliphatic heterocycles. The molecule has 3 fully saturated rings. The van der Waals surface area contributed by atoms with Crippen LogP contribution >= 0.6 is 0 Å². The van der Waals surface area contributed by atoms with Gasteiger partial charge in [0.2, 0.25) is 0 Å². The third kappa shape index (κ3) is 3.77. The second kappa shape index (κ2) is 7.99. The predicted molar refractivity (Wildman–Crippen MR) is 126 cm³/mol. The molecule has 0 aromatic rings. The zero-order valence-corrected chi connectivity index (χ0v) is 20.5. The zero-order chi connectivity index (χ0) is 22.8. The topological polar surface area (TPSA) is 60.7 Å². The smallest absolute Gasteiger partial charge is 0.0656 e. The van der Waals surface area contributed by atoms with Gasteiger partial charge in [-0.25, -0.2) is 0 Å². The zero-order valence-electron chi connectivity index (χ0n) is 20.5. The Bertz CT molecular complexity index is 737. The molecule has 3 N–H and O–H groups in total. The van der Waals surface area contributed by atoms with Crippen molar-refractivity contribution in [2.75, 3.05) is 0 Å². The first-order valence-electron chi connectivity index (χ1n) is 12.9. The Labute approximate surface area is 190 Å². The fourth-order valence-electron chi connectivity index (χ4n) is 8.45. The third-order valence-electron chi connectivity index (χ3n) is 10.5. The molecule has 9 atom stereocenters. The Hall–Kier alpha value is -0.640. The lowest BCUT2D eigenvalue weighted by Gasteiger charge is -2.58. The summed E-state index contributed by atoms with van der Waals surface area (Å²) in [5.74, 6) is 1.91. The first kappa shape index (κ1) is 23.5. The number of hydrogen-bond donors (Lipinski definition) is 3. The van der Waals surface area contributed by atoms with Crippen molar-refractivity contribution in [1.29, 1.82) is 0 Å². The number of hydrogen-bond acceptors (Lipinski definition) is 3. The van der Waals surface area contributed by atoms with Gasteiger partial charge in [0.05, 0.1) is 17.8 Å². The Morgan fingerprint density at radius 2 is 1.87 bits per heavy atom. The summed E-state index contributed by atoms with van der Waals surface area (Å²) in [7, 11) is 0. The van der Waals surface area contributed by atoms with E-state index in [4.69, 9.17) is 0 Å². The molecule has 3 saturated carbocycles. The quantitative estimate of drug-likeness (QED) is 0.495. The summed E-state index contributed by atoms with van der Waals surface area (Å²) in [6.45, 7) is 15.4. The van der Waals surface area contributed by atoms with E-state index in [1.165, 1.54) is 5.57 Å². The average Bonchev–Trinajstić information content (AvgIpc) is 3.06. The average molecular weight is 431 g/mol. The van der Waals surface area contributed by atoms with Gasteiger partial charge in [-0.2, -0.15) is 0 Å². The third-order valence-corrected chi connectivity index (χ3v) is 10.5. The maximum absolute atomic E-state index is 11.6. The second-order valence-electron chi connectivity index (χ2n) is 12.6. The van der Waals surface area contributed by atoms with E-state index >= 15 is 0 Å². The molecule has 0 radical (unpaired) electrons. The molecule has 0 heterocycles. The number of allylic oxidation sites excluding steroid dienone is 3. The number of aliphatic hydroxyl groups is 3. The molecule has 31 heavy (non-hydrogen) atoms. The summed E-state index contributed by atoms with van der Waals surface area (Å²) >= 11 is 0. The van der Waals surface area contributed by atoms with E-state index in [0.717, 1.165) is 57.8 Å². The van der Waals surface area contributed by atoms with E-state index in [9.17, 15) is 15.3 Å². The van der Waals surface area contributed by atoms with Crippen LogP contribution in [0.4, 0.5) is 0 Å². The van der Waals surface area contributed by atoms with Gasteiger partial charge >= 0.3 is 0 Å². The van der Waals surface area contributed by atoms with E-state index in [0.29, 0.717) is 23.7 Å². The molecule has 3 heteroatoms. The van der Waals surface area contributed by atoms with Gasteiger partial charge in [0.1, 0.15) is 0 Å². The van der Waals surface area contributed by atoms with Crippen LogP contribution in [0.15, 0.2) is 23.8 Å². The van der Waals surface area contributed by atoms with Crippen LogP contribution in [0.1, 0.15) is 92.4 Å². The maximum Gasteiger partial charge on any atom is 0.0656 e. The highest BCUT2D eigenvalue weighted by Crippen LogP contribution is 2.66. The fraction of sp³-hybridized carbons (Fsp3) is 0.857. The first-order valence-corrected chi connectivity index (χ1v) is 12.9. The molecule has 4 aliphatic carbocycles. The summed E-state index contributed by atoms with van der Waals surface area (Å²) in [5, 5.41) is 33.0. The van der Waals surface area contributed by atoms with Crippen molar-refractivity contribution in [3.8, 4) is 0 Å². The highest BCUT2D eigenvalue weighted by molar-refractivity contribution is 5.30. The summed E-state index contributed by atoms with van der Waals surface area (Å²) in [6.07, 6.45) is 10.3.